The van der Waals surface area contributed by atoms with E-state index >= 15 is 0 Å². The molecule has 0 radical (unpaired) electrons. The van der Waals surface area contributed by atoms with Crippen molar-refractivity contribution in [2.75, 3.05) is 19.8 Å². The second-order valence-corrected chi connectivity index (χ2v) is 13.5. The monoisotopic (exact) mass is 564 g/mol. The number of fused-ring (bicyclic) bond motifs is 5. The molecule has 0 aromatic rings. The van der Waals surface area contributed by atoms with Gasteiger partial charge in [0, 0.05) is 17.4 Å². The molecule has 0 aromatic heterocycles. The van der Waals surface area contributed by atoms with Crippen molar-refractivity contribution >= 4 is 23.4 Å². The van der Waals surface area contributed by atoms with Gasteiger partial charge in [-0.05, 0) is 74.2 Å². The number of ketones is 1. The number of nitrogens with zero attached hydrogens (tertiary/aromatic N) is 1. The fourth-order valence-corrected chi connectivity index (χ4v) is 8.35. The highest BCUT2D eigenvalue weighted by molar-refractivity contribution is 5.96. The van der Waals surface area contributed by atoms with E-state index < -0.39 is 52.9 Å². The Labute approximate surface area is 234 Å². The van der Waals surface area contributed by atoms with Gasteiger partial charge in [0.2, 0.25) is 0 Å². The maximum atomic E-state index is 12.6. The first-order chi connectivity index (χ1) is 18.6. The van der Waals surface area contributed by atoms with E-state index in [1.165, 1.54) is 5.57 Å². The number of Topliss-reactive ketones (excluding diaryl/α,β-unsaturated/α-hetero) is 1. The quantitative estimate of drug-likeness (QED) is 0.224. The third kappa shape index (κ3) is 4.99. The standard InChI is InChI=1S/C29H44N2O9/c1-26(2,24(36)25(37)38)15-30-22(35)14-40-31-17-7-9-27(3)16(11-17)5-6-18-19-8-10-29(39,21(34)13-32)28(19,4)12-20(33)23(18)27/h11,18-20,23-24,32-33,36,39H,5-10,12-15H2,1-4H3,(H,30,35)(H,37,38)/b31-17-/t18-,19-,20+,23+,24+,27-,28-,29-/m0/s1. The van der Waals surface area contributed by atoms with E-state index in [4.69, 9.17) is 9.94 Å². The minimum Gasteiger partial charge on any atom is -0.479 e. The van der Waals surface area contributed by atoms with Gasteiger partial charge in [0.1, 0.15) is 12.2 Å². The zero-order valence-corrected chi connectivity index (χ0v) is 23.9. The van der Waals surface area contributed by atoms with Crippen LogP contribution in [-0.2, 0) is 19.2 Å². The third-order valence-electron chi connectivity index (χ3n) is 10.8. The molecule has 0 saturated heterocycles. The molecule has 4 aliphatic carbocycles. The molecule has 0 aliphatic heterocycles. The number of nitrogens with one attached hydrogen (secondary N) is 1. The van der Waals surface area contributed by atoms with Crippen LogP contribution in [0.3, 0.4) is 0 Å². The molecule has 224 valence electrons. The van der Waals surface area contributed by atoms with Gasteiger partial charge in [-0.15, -0.1) is 0 Å². The Morgan fingerprint density at radius 1 is 1.20 bits per heavy atom. The summed E-state index contributed by atoms with van der Waals surface area (Å²) in [5, 5.41) is 57.9. The number of aliphatic hydroxyl groups excluding tert-OH is 3. The molecule has 3 fully saturated rings. The van der Waals surface area contributed by atoms with E-state index in [0.717, 1.165) is 19.3 Å². The van der Waals surface area contributed by atoms with Crippen LogP contribution >= 0.6 is 0 Å². The summed E-state index contributed by atoms with van der Waals surface area (Å²) in [5.74, 6) is -2.18. The zero-order valence-electron chi connectivity index (χ0n) is 23.9. The van der Waals surface area contributed by atoms with Crippen LogP contribution in [0.25, 0.3) is 0 Å². The molecule has 4 aliphatic rings. The fourth-order valence-electron chi connectivity index (χ4n) is 8.35. The molecule has 40 heavy (non-hydrogen) atoms. The van der Waals surface area contributed by atoms with Gasteiger partial charge in [-0.1, -0.05) is 38.4 Å². The molecule has 8 atom stereocenters. The van der Waals surface area contributed by atoms with Crippen molar-refractivity contribution in [1.82, 2.24) is 5.32 Å². The molecule has 0 bridgehead atoms. The number of hydrogen-bond acceptors (Lipinski definition) is 9. The predicted octanol–water partition coefficient (Wildman–Crippen LogP) is 1.17. The van der Waals surface area contributed by atoms with Crippen LogP contribution in [0.4, 0.5) is 0 Å². The van der Waals surface area contributed by atoms with Crippen molar-refractivity contribution in [2.24, 2.45) is 39.2 Å². The zero-order chi connectivity index (χ0) is 29.7. The summed E-state index contributed by atoms with van der Waals surface area (Å²) in [4.78, 5) is 41.1. The number of carbonyl (C=O) groups is 3. The van der Waals surface area contributed by atoms with Gasteiger partial charge in [-0.2, -0.15) is 0 Å². The number of oxime groups is 1. The summed E-state index contributed by atoms with van der Waals surface area (Å²) < 4.78 is 0. The molecule has 3 saturated carbocycles. The Balaban J connectivity index is 1.41. The van der Waals surface area contributed by atoms with E-state index in [0.29, 0.717) is 31.4 Å². The van der Waals surface area contributed by atoms with Gasteiger partial charge in [0.25, 0.3) is 5.91 Å². The number of aliphatic carboxylic acids is 1. The summed E-state index contributed by atoms with van der Waals surface area (Å²) in [5.41, 5.74) is -1.83. The van der Waals surface area contributed by atoms with Crippen molar-refractivity contribution in [3.63, 3.8) is 0 Å². The van der Waals surface area contributed by atoms with Crippen LogP contribution in [0, 0.1) is 34.0 Å². The van der Waals surface area contributed by atoms with E-state index in [1.807, 2.05) is 13.0 Å². The first-order valence-electron chi connectivity index (χ1n) is 14.2. The molecular weight excluding hydrogens is 520 g/mol. The Kier molecular flexibility index (Phi) is 8.28. The number of amides is 1. The van der Waals surface area contributed by atoms with E-state index in [1.54, 1.807) is 13.8 Å². The van der Waals surface area contributed by atoms with Crippen molar-refractivity contribution in [3.8, 4) is 0 Å². The lowest BCUT2D eigenvalue weighted by atomic mass is 9.45. The molecule has 4 rings (SSSR count). The summed E-state index contributed by atoms with van der Waals surface area (Å²) in [6.45, 7) is 6.07. The fraction of sp³-hybridized carbons (Fsp3) is 0.793. The average molecular weight is 565 g/mol. The van der Waals surface area contributed by atoms with Crippen LogP contribution in [-0.4, -0.2) is 86.5 Å². The molecule has 6 N–H and O–H groups in total. The van der Waals surface area contributed by atoms with Crippen molar-refractivity contribution in [3.05, 3.63) is 11.6 Å². The van der Waals surface area contributed by atoms with Gasteiger partial charge in [-0.25, -0.2) is 4.79 Å². The van der Waals surface area contributed by atoms with Crippen LogP contribution in [0.2, 0.25) is 0 Å². The molecule has 1 amide bonds. The lowest BCUT2D eigenvalue weighted by Crippen LogP contribution is -2.62. The maximum Gasteiger partial charge on any atom is 0.333 e. The average Bonchev–Trinajstić information content (AvgIpc) is 3.17. The van der Waals surface area contributed by atoms with Crippen LogP contribution in [0.1, 0.15) is 72.6 Å². The first kappa shape index (κ1) is 30.6. The van der Waals surface area contributed by atoms with Gasteiger partial charge in [-0.3, -0.25) is 9.59 Å². The summed E-state index contributed by atoms with van der Waals surface area (Å²) in [6, 6.07) is 0. The normalized spacial score (nSPS) is 38.9. The van der Waals surface area contributed by atoms with E-state index in [9.17, 15) is 34.8 Å². The number of rotatable bonds is 9. The number of carboxylic acids is 1. The number of carboxylic acid groups (broad SMARTS) is 1. The topological polar surface area (TPSA) is 186 Å². The molecule has 11 heteroatoms. The number of hydrogen-bond donors (Lipinski definition) is 6. The highest BCUT2D eigenvalue weighted by Crippen LogP contribution is 2.67. The SMILES string of the molecule is CC(C)(CNC(=O)CO/N=C1\C=C2CC[C@@H]3[C@H]([C@H](O)C[C@@]4(C)[C@H]3CC[C@]4(O)C(=O)CO)[C@@]2(C)CC1)[C@H](O)C(=O)O. The molecule has 0 aromatic carbocycles. The molecular formula is C29H44N2O9. The Morgan fingerprint density at radius 3 is 2.55 bits per heavy atom. The summed E-state index contributed by atoms with van der Waals surface area (Å²) in [7, 11) is 0. The van der Waals surface area contributed by atoms with Gasteiger partial charge >= 0.3 is 5.97 Å². The van der Waals surface area contributed by atoms with Gasteiger partial charge in [0.05, 0.1) is 11.8 Å². The highest BCUT2D eigenvalue weighted by Gasteiger charge is 2.68. The van der Waals surface area contributed by atoms with Gasteiger partial charge < -0.3 is 35.7 Å². The second-order valence-electron chi connectivity index (χ2n) is 13.5. The smallest absolute Gasteiger partial charge is 0.333 e. The highest BCUT2D eigenvalue weighted by atomic mass is 16.6. The van der Waals surface area contributed by atoms with Crippen LogP contribution < -0.4 is 5.32 Å². The summed E-state index contributed by atoms with van der Waals surface area (Å²) in [6.07, 6.45) is 3.96. The second kappa shape index (κ2) is 10.8. The van der Waals surface area contributed by atoms with Crippen LogP contribution in [0.5, 0.6) is 0 Å². The largest absolute Gasteiger partial charge is 0.479 e. The Morgan fingerprint density at radius 2 is 1.90 bits per heavy atom. The maximum absolute atomic E-state index is 12.6. The number of carbonyl (C=O) groups excluding carboxylic acids is 2. The summed E-state index contributed by atoms with van der Waals surface area (Å²) >= 11 is 0. The third-order valence-corrected chi connectivity index (χ3v) is 10.8. The minimum absolute atomic E-state index is 0.0186. The number of allylic oxidation sites excluding steroid dienone is 2. The number of aliphatic hydroxyl groups is 4. The van der Waals surface area contributed by atoms with E-state index in [-0.39, 0.29) is 36.3 Å². The van der Waals surface area contributed by atoms with Crippen molar-refractivity contribution < 1.29 is 44.8 Å². The van der Waals surface area contributed by atoms with Crippen LogP contribution in [0.15, 0.2) is 16.8 Å². The van der Waals surface area contributed by atoms with Crippen molar-refractivity contribution in [1.29, 1.82) is 0 Å². The molecule has 0 spiro atoms. The minimum atomic E-state index is -1.62. The lowest BCUT2D eigenvalue weighted by molar-refractivity contribution is -0.181. The van der Waals surface area contributed by atoms with Gasteiger partial charge in [0.15, 0.2) is 18.5 Å². The predicted molar refractivity (Wildman–Crippen MR) is 144 cm³/mol. The lowest BCUT2D eigenvalue weighted by Gasteiger charge is -2.60. The molecule has 11 nitrogen and oxygen atoms in total. The Hall–Kier alpha value is -2.34. The van der Waals surface area contributed by atoms with E-state index in [2.05, 4.69) is 17.4 Å². The Bertz CT molecular complexity index is 1100. The molecule has 0 heterocycles. The first-order valence-corrected chi connectivity index (χ1v) is 14.2. The molecule has 0 unspecified atom stereocenters. The van der Waals surface area contributed by atoms with Crippen molar-refractivity contribution in [2.45, 2.75) is 90.4 Å².